The van der Waals surface area contributed by atoms with E-state index in [4.69, 9.17) is 4.98 Å². The molecule has 8 bridgehead atoms. The van der Waals surface area contributed by atoms with Crippen molar-refractivity contribution in [1.82, 2.24) is 34.7 Å². The van der Waals surface area contributed by atoms with E-state index in [2.05, 4.69) is 25.1 Å². The highest BCUT2D eigenvalue weighted by Crippen LogP contribution is 2.31. The Hall–Kier alpha value is -5.22. The summed E-state index contributed by atoms with van der Waals surface area (Å²) in [5, 5.41) is 8.89. The van der Waals surface area contributed by atoms with Crippen molar-refractivity contribution in [2.24, 2.45) is 0 Å². The number of fused-ring (bicyclic) bond motifs is 9. The molecule has 0 amide bonds. The zero-order chi connectivity index (χ0) is 26.8. The molecule has 40 heavy (non-hydrogen) atoms. The normalized spacial score (nSPS) is 11.8. The Balaban J connectivity index is 1.57. The molecule has 8 aromatic rings. The summed E-state index contributed by atoms with van der Waals surface area (Å²) >= 11 is 1.48. The van der Waals surface area contributed by atoms with Gasteiger partial charge in [-0.25, -0.2) is 9.37 Å². The number of nitrogens with zero attached hydrogens (tertiary/aromatic N) is 5. The van der Waals surface area contributed by atoms with Crippen molar-refractivity contribution in [3.05, 3.63) is 96.7 Å². The van der Waals surface area contributed by atoms with Crippen LogP contribution in [0.3, 0.4) is 0 Å². The highest BCUT2D eigenvalue weighted by Gasteiger charge is 2.16. The summed E-state index contributed by atoms with van der Waals surface area (Å²) in [7, 11) is 0. The number of carbonyl (C=O) groups is 1. The van der Waals surface area contributed by atoms with Gasteiger partial charge in [-0.3, -0.25) is 24.4 Å². The number of benzene rings is 2. The molecule has 6 heterocycles. The first-order valence-electron chi connectivity index (χ1n) is 12.6. The van der Waals surface area contributed by atoms with Gasteiger partial charge in [0.25, 0.3) is 0 Å². The molecule has 8 rings (SSSR count). The van der Waals surface area contributed by atoms with Crippen molar-refractivity contribution in [2.45, 2.75) is 6.42 Å². The molecular weight excluding hydrogens is 525 g/mol. The van der Waals surface area contributed by atoms with Crippen molar-refractivity contribution in [2.75, 3.05) is 0 Å². The third-order valence-corrected chi connectivity index (χ3v) is 8.17. The summed E-state index contributed by atoms with van der Waals surface area (Å²) in [6.45, 7) is 0. The molecule has 2 N–H and O–H groups in total. The summed E-state index contributed by atoms with van der Waals surface area (Å²) in [4.78, 5) is 31.5. The minimum absolute atomic E-state index is 0.110. The number of nitrogens with one attached hydrogen (secondary N) is 2. The van der Waals surface area contributed by atoms with E-state index in [0.29, 0.717) is 27.6 Å². The molecule has 0 atom stereocenters. The number of thiophene rings is 1. The lowest BCUT2D eigenvalue weighted by Gasteiger charge is -2.08. The molecule has 10 heteroatoms. The Morgan fingerprint density at radius 1 is 0.925 bits per heavy atom. The molecular formula is C30H18FN7OS. The zero-order valence-electron chi connectivity index (χ0n) is 20.7. The average Bonchev–Trinajstić information content (AvgIpc) is 3.72. The van der Waals surface area contributed by atoms with Gasteiger partial charge in [0.1, 0.15) is 15.9 Å². The quantitative estimate of drug-likeness (QED) is 0.248. The van der Waals surface area contributed by atoms with E-state index in [1.807, 2.05) is 60.7 Å². The first kappa shape index (κ1) is 22.7. The monoisotopic (exact) mass is 543 g/mol. The van der Waals surface area contributed by atoms with E-state index in [1.54, 1.807) is 29.2 Å². The summed E-state index contributed by atoms with van der Waals surface area (Å²) in [6, 6.07) is 21.1. The number of aromatic amines is 2. The van der Waals surface area contributed by atoms with Gasteiger partial charge in [-0.05, 0) is 29.8 Å². The van der Waals surface area contributed by atoms with Crippen LogP contribution in [0.1, 0.15) is 10.4 Å². The molecule has 0 saturated heterocycles. The van der Waals surface area contributed by atoms with Gasteiger partial charge in [0, 0.05) is 21.7 Å². The number of aromatic nitrogens is 7. The molecule has 0 unspecified atom stereocenters. The van der Waals surface area contributed by atoms with Crippen LogP contribution in [0.15, 0.2) is 85.3 Å². The third-order valence-electron chi connectivity index (χ3n) is 7.06. The lowest BCUT2D eigenvalue weighted by Crippen LogP contribution is -2.14. The minimum atomic E-state index is -0.546. The second-order valence-corrected chi connectivity index (χ2v) is 10.6. The third kappa shape index (κ3) is 3.46. The van der Waals surface area contributed by atoms with Crippen LogP contribution < -0.4 is 0 Å². The van der Waals surface area contributed by atoms with Crippen LogP contribution in [0.5, 0.6) is 0 Å². The van der Waals surface area contributed by atoms with Gasteiger partial charge in [0.15, 0.2) is 11.5 Å². The lowest BCUT2D eigenvalue weighted by atomic mass is 10.1. The SMILES string of the molecule is O=C(Cc1ccccc1)n1c2cncc(c2)c2ncc3[nH]nc(c4nc5c(cccc5c5ccc1s5)[nH]4)c3c2F. The molecule has 2 aromatic carbocycles. The number of halogens is 1. The fourth-order valence-corrected chi connectivity index (χ4v) is 6.28. The topological polar surface area (TPSA) is 105 Å². The van der Waals surface area contributed by atoms with Gasteiger partial charge in [-0.15, -0.1) is 11.3 Å². The van der Waals surface area contributed by atoms with Crippen molar-refractivity contribution < 1.29 is 9.18 Å². The molecule has 0 aliphatic carbocycles. The van der Waals surface area contributed by atoms with Gasteiger partial charge in [-0.1, -0.05) is 42.5 Å². The van der Waals surface area contributed by atoms with Crippen molar-refractivity contribution >= 4 is 81.7 Å². The number of H-pyrrole nitrogens is 2. The number of rotatable bonds is 2. The number of pyridine rings is 2. The molecule has 0 spiro atoms. The van der Waals surface area contributed by atoms with Gasteiger partial charge < -0.3 is 4.98 Å². The second-order valence-electron chi connectivity index (χ2n) is 9.53. The van der Waals surface area contributed by atoms with E-state index in [-0.39, 0.29) is 23.2 Å². The zero-order valence-corrected chi connectivity index (χ0v) is 21.5. The summed E-state index contributed by atoms with van der Waals surface area (Å²) in [5.74, 6) is -0.681. The van der Waals surface area contributed by atoms with Gasteiger partial charge in [0.05, 0.1) is 46.3 Å². The molecule has 0 radical (unpaired) electrons. The van der Waals surface area contributed by atoms with E-state index in [1.165, 1.54) is 11.3 Å². The van der Waals surface area contributed by atoms with Crippen LogP contribution in [0.2, 0.25) is 0 Å². The minimum Gasteiger partial charge on any atom is -0.337 e. The highest BCUT2D eigenvalue weighted by molar-refractivity contribution is 7.24. The van der Waals surface area contributed by atoms with Gasteiger partial charge in [0.2, 0.25) is 5.91 Å². The van der Waals surface area contributed by atoms with Crippen LogP contribution in [-0.2, 0) is 6.42 Å². The molecule has 0 fully saturated rings. The van der Waals surface area contributed by atoms with Crippen LogP contribution in [0.25, 0.3) is 64.4 Å². The number of carbonyl (C=O) groups excluding carboxylic acids is 1. The first-order chi connectivity index (χ1) is 19.6. The number of para-hydroxylation sites is 1. The van der Waals surface area contributed by atoms with Gasteiger partial charge >= 0.3 is 0 Å². The molecule has 0 aliphatic rings. The van der Waals surface area contributed by atoms with Crippen LogP contribution in [0, 0.1) is 5.82 Å². The van der Waals surface area contributed by atoms with Crippen molar-refractivity contribution in [3.63, 3.8) is 0 Å². The van der Waals surface area contributed by atoms with E-state index < -0.39 is 5.82 Å². The Morgan fingerprint density at radius 2 is 1.82 bits per heavy atom. The van der Waals surface area contributed by atoms with Crippen LogP contribution in [0.4, 0.5) is 4.39 Å². The van der Waals surface area contributed by atoms with E-state index in [0.717, 1.165) is 31.5 Å². The maximum Gasteiger partial charge on any atom is 0.236 e. The second kappa shape index (κ2) is 8.65. The first-order valence-corrected chi connectivity index (χ1v) is 13.4. The molecule has 6 aromatic heterocycles. The predicted molar refractivity (Wildman–Crippen MR) is 156 cm³/mol. The highest BCUT2D eigenvalue weighted by atomic mass is 32.1. The number of hydrogen-bond donors (Lipinski definition) is 2. The molecule has 192 valence electrons. The summed E-state index contributed by atoms with van der Waals surface area (Å²) in [5.41, 5.74) is 4.32. The Morgan fingerprint density at radius 3 is 2.73 bits per heavy atom. The smallest absolute Gasteiger partial charge is 0.236 e. The average molecular weight is 544 g/mol. The molecule has 0 saturated carbocycles. The maximum atomic E-state index is 16.2. The Kier molecular flexibility index (Phi) is 4.92. The van der Waals surface area contributed by atoms with Gasteiger partial charge in [-0.2, -0.15) is 5.10 Å². The van der Waals surface area contributed by atoms with Crippen LogP contribution >= 0.6 is 11.3 Å². The standard InChI is InChI=1S/C30H18FN7OS/c31-26-25-21-15-33-27(26)17-12-18(14-32-13-17)38(23(39)11-16-5-2-1-3-6-16)24-10-9-22(40-24)19-7-4-8-20-28(19)35-30(34-20)29(25)37-36-21/h1-10,12-15H,11H2,(H,34,35)(H,36,37). The van der Waals surface area contributed by atoms with E-state index >= 15 is 4.39 Å². The lowest BCUT2D eigenvalue weighted by molar-refractivity contribution is 0.0924. The number of hydrogen-bond acceptors (Lipinski definition) is 6. The Bertz CT molecular complexity index is 2350. The fraction of sp³-hybridized carbons (Fsp3) is 0.0333. The Labute approximate surface area is 228 Å². The van der Waals surface area contributed by atoms with Crippen LogP contribution in [-0.4, -0.2) is 40.6 Å². The summed E-state index contributed by atoms with van der Waals surface area (Å²) in [6.07, 6.45) is 4.90. The van der Waals surface area contributed by atoms with E-state index in [9.17, 15) is 4.79 Å². The fourth-order valence-electron chi connectivity index (χ4n) is 5.21. The molecule has 8 nitrogen and oxygen atoms in total. The number of imidazole rings is 1. The molecule has 0 aliphatic heterocycles. The maximum absolute atomic E-state index is 16.2. The predicted octanol–water partition coefficient (Wildman–Crippen LogP) is 6.85. The summed E-state index contributed by atoms with van der Waals surface area (Å²) < 4.78 is 18.8. The largest absolute Gasteiger partial charge is 0.337 e. The van der Waals surface area contributed by atoms with Crippen molar-refractivity contribution in [1.29, 1.82) is 0 Å². The van der Waals surface area contributed by atoms with Crippen molar-refractivity contribution in [3.8, 4) is 0 Å².